The maximum absolute atomic E-state index is 11.6. The molecule has 5 N–H and O–H groups in total. The topological polar surface area (TPSA) is 305 Å². The monoisotopic (exact) mass is 584 g/mol. The molecule has 0 saturated heterocycles. The molecule has 0 amide bonds. The fraction of sp³-hybridized carbons (Fsp3) is 0. The largest absolute Gasteiger partial charge is 0.505 e. The number of aromatic hydroxyl groups is 3. The first kappa shape index (κ1) is 28.5. The Bertz CT molecular complexity index is 1800. The average molecular weight is 584 g/mol. The average Bonchev–Trinajstić information content (AvgIpc) is 2.82. The van der Waals surface area contributed by atoms with Gasteiger partial charge in [-0.3, -0.25) is 29.3 Å². The van der Waals surface area contributed by atoms with Crippen molar-refractivity contribution in [2.45, 2.75) is 9.79 Å². The van der Waals surface area contributed by atoms with E-state index in [4.69, 9.17) is 0 Å². The molecule has 0 aliphatic heterocycles. The molecule has 0 radical (unpaired) electrons. The number of phenolic OH excluding ortho intramolecular Hbond substituents is 3. The Balaban J connectivity index is 2.08. The highest BCUT2D eigenvalue weighted by Gasteiger charge is 2.24. The first-order valence-electron chi connectivity index (χ1n) is 9.63. The number of rotatable bonds is 8. The highest BCUT2D eigenvalue weighted by Crippen LogP contribution is 2.42. The van der Waals surface area contributed by atoms with Crippen molar-refractivity contribution in [3.8, 4) is 17.2 Å². The molecule has 0 heterocycles. The SMILES string of the molecule is O=[N+]([O-])c1ccc(/N=N/c2cc(/N=N/c3cc([N+](=O)[O-])cc(S(=O)(=O)O)c3O)c(O)cc2O)c(S(=O)(=O)O)c1. The molecule has 0 fully saturated rings. The fourth-order valence-electron chi connectivity index (χ4n) is 2.79. The lowest BCUT2D eigenvalue weighted by molar-refractivity contribution is -0.385. The van der Waals surface area contributed by atoms with Gasteiger partial charge in [0.05, 0.1) is 9.85 Å². The van der Waals surface area contributed by atoms with Crippen LogP contribution in [0.5, 0.6) is 17.2 Å². The van der Waals surface area contributed by atoms with Crippen molar-refractivity contribution < 1.29 is 51.1 Å². The third-order valence-electron chi connectivity index (χ3n) is 4.56. The summed E-state index contributed by atoms with van der Waals surface area (Å²) >= 11 is 0. The number of nitrogens with zero attached hydrogens (tertiary/aromatic N) is 6. The van der Waals surface area contributed by atoms with E-state index in [0.29, 0.717) is 24.3 Å². The lowest BCUT2D eigenvalue weighted by atomic mass is 10.2. The normalized spacial score (nSPS) is 12.3. The minimum atomic E-state index is -5.13. The maximum Gasteiger partial charge on any atom is 0.298 e. The van der Waals surface area contributed by atoms with Crippen molar-refractivity contribution in [2.24, 2.45) is 20.5 Å². The van der Waals surface area contributed by atoms with Gasteiger partial charge in [-0.05, 0) is 6.07 Å². The summed E-state index contributed by atoms with van der Waals surface area (Å²) in [6.45, 7) is 0. The van der Waals surface area contributed by atoms with Crippen LogP contribution < -0.4 is 0 Å². The van der Waals surface area contributed by atoms with Gasteiger partial charge >= 0.3 is 0 Å². The van der Waals surface area contributed by atoms with E-state index in [1.807, 2.05) is 0 Å². The zero-order valence-electron chi connectivity index (χ0n) is 18.5. The number of hydrogen-bond donors (Lipinski definition) is 5. The molecule has 21 heteroatoms. The Hall–Kier alpha value is -5.12. The number of phenols is 3. The van der Waals surface area contributed by atoms with Crippen molar-refractivity contribution >= 4 is 54.4 Å². The van der Waals surface area contributed by atoms with Crippen molar-refractivity contribution in [1.29, 1.82) is 0 Å². The van der Waals surface area contributed by atoms with Crippen molar-refractivity contribution in [3.63, 3.8) is 0 Å². The van der Waals surface area contributed by atoms with E-state index < -0.39 is 91.2 Å². The van der Waals surface area contributed by atoms with Gasteiger partial charge in [-0.1, -0.05) is 0 Å². The van der Waals surface area contributed by atoms with Gasteiger partial charge in [0, 0.05) is 36.4 Å². The predicted octanol–water partition coefficient (Wildman–Crippen LogP) is 3.94. The number of non-ortho nitro benzene ring substituents is 2. The van der Waals surface area contributed by atoms with E-state index in [1.54, 1.807) is 0 Å². The van der Waals surface area contributed by atoms with Crippen LogP contribution in [0.4, 0.5) is 34.1 Å². The Morgan fingerprint density at radius 2 is 1.05 bits per heavy atom. The Morgan fingerprint density at radius 1 is 0.590 bits per heavy atom. The van der Waals surface area contributed by atoms with Crippen LogP contribution >= 0.6 is 0 Å². The minimum Gasteiger partial charge on any atom is -0.505 e. The molecule has 0 bridgehead atoms. The van der Waals surface area contributed by atoms with Crippen molar-refractivity contribution in [1.82, 2.24) is 0 Å². The van der Waals surface area contributed by atoms with Crippen LogP contribution in [0.3, 0.4) is 0 Å². The summed E-state index contributed by atoms with van der Waals surface area (Å²) in [5.41, 5.74) is -4.06. The summed E-state index contributed by atoms with van der Waals surface area (Å²) < 4.78 is 64.7. The maximum atomic E-state index is 11.6. The molecular weight excluding hydrogens is 572 g/mol. The third kappa shape index (κ3) is 6.42. The number of benzene rings is 3. The first-order valence-corrected chi connectivity index (χ1v) is 12.5. The lowest BCUT2D eigenvalue weighted by Crippen LogP contribution is -2.00. The van der Waals surface area contributed by atoms with E-state index in [1.165, 1.54) is 0 Å². The van der Waals surface area contributed by atoms with E-state index in [-0.39, 0.29) is 0 Å². The molecule has 204 valence electrons. The van der Waals surface area contributed by atoms with Crippen LogP contribution in [0.1, 0.15) is 0 Å². The third-order valence-corrected chi connectivity index (χ3v) is 6.31. The van der Waals surface area contributed by atoms with Crippen LogP contribution in [0, 0.1) is 20.2 Å². The smallest absolute Gasteiger partial charge is 0.298 e. The standard InChI is InChI=1S/C18H12N6O13S2/c25-14-7-15(26)12(21-22-13-3-9(24(30)31)5-17(18(13)27)39(35,36)37)6-11(14)20-19-10-2-1-8(23(28)29)4-16(10)38(32,33)34/h1-7,25-27H,(H,32,33,34)(H,35,36,37)/b20-19+,22-21+. The fourth-order valence-corrected chi connectivity index (χ4v) is 4.05. The van der Waals surface area contributed by atoms with Gasteiger partial charge in [0.2, 0.25) is 0 Å². The summed E-state index contributed by atoms with van der Waals surface area (Å²) in [6, 6.07) is 4.61. The summed E-state index contributed by atoms with van der Waals surface area (Å²) in [7, 11) is -10.1. The molecule has 0 aromatic heterocycles. The van der Waals surface area contributed by atoms with Crippen LogP contribution in [0.25, 0.3) is 0 Å². The van der Waals surface area contributed by atoms with Gasteiger partial charge in [-0.2, -0.15) is 16.8 Å². The van der Waals surface area contributed by atoms with Gasteiger partial charge in [0.15, 0.2) is 5.75 Å². The van der Waals surface area contributed by atoms with Crippen LogP contribution in [-0.2, 0) is 20.2 Å². The summed E-state index contributed by atoms with van der Waals surface area (Å²) in [4.78, 5) is 17.7. The second-order valence-electron chi connectivity index (χ2n) is 7.16. The van der Waals surface area contributed by atoms with E-state index in [2.05, 4.69) is 20.5 Å². The Kier molecular flexibility index (Phi) is 7.54. The molecule has 3 aromatic carbocycles. The van der Waals surface area contributed by atoms with E-state index in [9.17, 15) is 61.5 Å². The predicted molar refractivity (Wildman–Crippen MR) is 126 cm³/mol. The van der Waals surface area contributed by atoms with Crippen LogP contribution in [-0.4, -0.2) is 51.1 Å². The van der Waals surface area contributed by atoms with Crippen LogP contribution in [0.15, 0.2) is 72.7 Å². The second-order valence-corrected chi connectivity index (χ2v) is 9.94. The van der Waals surface area contributed by atoms with Gasteiger partial charge in [-0.25, -0.2) is 0 Å². The van der Waals surface area contributed by atoms with E-state index >= 15 is 0 Å². The number of azo groups is 2. The molecule has 0 aliphatic carbocycles. The molecule has 39 heavy (non-hydrogen) atoms. The lowest BCUT2D eigenvalue weighted by Gasteiger charge is -2.05. The van der Waals surface area contributed by atoms with Gasteiger partial charge < -0.3 is 15.3 Å². The first-order chi connectivity index (χ1) is 18.0. The number of nitro groups is 2. The summed E-state index contributed by atoms with van der Waals surface area (Å²) in [5.74, 6) is -2.75. The molecule has 0 atom stereocenters. The van der Waals surface area contributed by atoms with E-state index in [0.717, 1.165) is 18.2 Å². The number of hydrogen-bond acceptors (Lipinski definition) is 15. The molecule has 3 aromatic rings. The zero-order chi connectivity index (χ0) is 29.3. The quantitative estimate of drug-likeness (QED) is 0.108. The summed E-state index contributed by atoms with van der Waals surface area (Å²) in [5, 5.41) is 66.1. The molecule has 3 rings (SSSR count). The van der Waals surface area contributed by atoms with Crippen molar-refractivity contribution in [3.05, 3.63) is 62.7 Å². The number of nitro benzene ring substituents is 2. The zero-order valence-corrected chi connectivity index (χ0v) is 20.2. The van der Waals surface area contributed by atoms with Crippen molar-refractivity contribution in [2.75, 3.05) is 0 Å². The summed E-state index contributed by atoms with van der Waals surface area (Å²) in [6.07, 6.45) is 0. The second kappa shape index (κ2) is 10.3. The molecule has 0 unspecified atom stereocenters. The van der Waals surface area contributed by atoms with Gasteiger partial charge in [0.1, 0.15) is 44.0 Å². The van der Waals surface area contributed by atoms with Crippen LogP contribution in [0.2, 0.25) is 0 Å². The highest BCUT2D eigenvalue weighted by molar-refractivity contribution is 7.86. The van der Waals surface area contributed by atoms with Gasteiger partial charge in [-0.15, -0.1) is 20.5 Å². The Morgan fingerprint density at radius 3 is 1.54 bits per heavy atom. The molecule has 0 spiro atoms. The molecule has 19 nitrogen and oxygen atoms in total. The molecule has 0 aliphatic rings. The highest BCUT2D eigenvalue weighted by atomic mass is 32.2. The Labute approximate surface area is 215 Å². The van der Waals surface area contributed by atoms with Gasteiger partial charge in [0.25, 0.3) is 31.6 Å². The molecular formula is C18H12N6O13S2. The molecule has 0 saturated carbocycles. The minimum absolute atomic E-state index is 0.360.